The Morgan fingerprint density at radius 2 is 1.71 bits per heavy atom. The molecule has 0 spiro atoms. The second kappa shape index (κ2) is 10.8. The molecule has 0 aliphatic heterocycles. The molecule has 0 aromatic heterocycles. The normalized spacial score (nSPS) is 10.9. The third-order valence-corrected chi connectivity index (χ3v) is 8.46. The average molecular weight is 393 g/mol. The van der Waals surface area contributed by atoms with E-state index in [0.29, 0.717) is 6.61 Å². The van der Waals surface area contributed by atoms with Gasteiger partial charge in [-0.15, -0.1) is 5.73 Å². The quantitative estimate of drug-likeness (QED) is 0.312. The molecule has 0 saturated heterocycles. The minimum atomic E-state index is -1.96. The first kappa shape index (κ1) is 21.9. The summed E-state index contributed by atoms with van der Waals surface area (Å²) in [5, 5.41) is 2.57. The largest absolute Gasteiger partial charge is 0.466 e. The van der Waals surface area contributed by atoms with Crippen LogP contribution in [0.4, 0.5) is 0 Å². The first-order valence-electron chi connectivity index (χ1n) is 10.2. The van der Waals surface area contributed by atoms with Gasteiger partial charge in [-0.3, -0.25) is 4.79 Å². The number of rotatable bonds is 9. The molecule has 28 heavy (non-hydrogen) atoms. The monoisotopic (exact) mass is 392 g/mol. The smallest absolute Gasteiger partial charge is 0.310 e. The van der Waals surface area contributed by atoms with Gasteiger partial charge in [0.05, 0.1) is 13.0 Å². The number of carbonyl (C=O) groups excluding carboxylic acids is 1. The van der Waals surface area contributed by atoms with Gasteiger partial charge in [0.15, 0.2) is 0 Å². The number of aryl methyl sites for hydroxylation is 1. The molecule has 2 nitrogen and oxygen atoms in total. The van der Waals surface area contributed by atoms with E-state index >= 15 is 0 Å². The number of benzene rings is 2. The van der Waals surface area contributed by atoms with Crippen molar-refractivity contribution in [2.45, 2.75) is 52.6 Å². The van der Waals surface area contributed by atoms with E-state index in [1.54, 1.807) is 0 Å². The van der Waals surface area contributed by atoms with E-state index in [9.17, 15) is 4.79 Å². The summed E-state index contributed by atoms with van der Waals surface area (Å²) in [4.78, 5) is 11.7. The lowest BCUT2D eigenvalue weighted by molar-refractivity contribution is -0.142. The lowest BCUT2D eigenvalue weighted by Crippen LogP contribution is -2.42. The van der Waals surface area contributed by atoms with Crippen molar-refractivity contribution >= 4 is 24.4 Å². The molecule has 2 aromatic carbocycles. The molecule has 2 aromatic rings. The molecule has 2 rings (SSSR count). The summed E-state index contributed by atoms with van der Waals surface area (Å²) in [5.41, 5.74) is 6.05. The van der Waals surface area contributed by atoms with Crippen LogP contribution in [0.25, 0.3) is 5.20 Å². The van der Waals surface area contributed by atoms with Crippen LogP contribution < -0.4 is 5.19 Å². The van der Waals surface area contributed by atoms with E-state index in [-0.39, 0.29) is 12.4 Å². The van der Waals surface area contributed by atoms with Crippen LogP contribution in [-0.2, 0) is 16.0 Å². The van der Waals surface area contributed by atoms with E-state index in [1.165, 1.54) is 34.4 Å². The van der Waals surface area contributed by atoms with Crippen LogP contribution in [0.3, 0.4) is 0 Å². The summed E-state index contributed by atoms with van der Waals surface area (Å²) in [6.07, 6.45) is 5.62. The lowest BCUT2D eigenvalue weighted by Gasteiger charge is -2.25. The number of carbonyl (C=O) groups is 1. The van der Waals surface area contributed by atoms with Crippen LogP contribution in [0.2, 0.25) is 13.1 Å². The summed E-state index contributed by atoms with van der Waals surface area (Å²) in [5.74, 6) is -0.205. The number of esters is 1. The maximum absolute atomic E-state index is 11.7. The molecule has 0 aliphatic rings. The molecule has 3 heteroatoms. The van der Waals surface area contributed by atoms with E-state index in [0.717, 1.165) is 6.42 Å². The van der Waals surface area contributed by atoms with Gasteiger partial charge in [-0.1, -0.05) is 86.2 Å². The highest BCUT2D eigenvalue weighted by Gasteiger charge is 2.29. The third kappa shape index (κ3) is 6.08. The molecule has 148 valence electrons. The predicted octanol–water partition coefficient (Wildman–Crippen LogP) is 5.68. The van der Waals surface area contributed by atoms with Crippen molar-refractivity contribution in [2.24, 2.45) is 0 Å². The number of hydrogen-bond donors (Lipinski definition) is 0. The summed E-state index contributed by atoms with van der Waals surface area (Å²) < 4.78 is 5.04. The second-order valence-electron chi connectivity index (χ2n) is 7.52. The van der Waals surface area contributed by atoms with E-state index in [1.807, 2.05) is 13.0 Å². The van der Waals surface area contributed by atoms with Gasteiger partial charge in [-0.2, -0.15) is 0 Å². The van der Waals surface area contributed by atoms with E-state index in [4.69, 9.17) is 4.74 Å². The van der Waals surface area contributed by atoms with Gasteiger partial charge in [0.25, 0.3) is 0 Å². The molecule has 0 radical (unpaired) electrons. The fourth-order valence-corrected chi connectivity index (χ4v) is 5.96. The molecule has 0 saturated carbocycles. The van der Waals surface area contributed by atoms with Crippen LogP contribution in [0.5, 0.6) is 0 Å². The maximum atomic E-state index is 11.7. The first-order chi connectivity index (χ1) is 13.5. The van der Waals surface area contributed by atoms with Gasteiger partial charge in [-0.05, 0) is 42.2 Å². The van der Waals surface area contributed by atoms with Crippen LogP contribution >= 0.6 is 0 Å². The summed E-state index contributed by atoms with van der Waals surface area (Å²) in [7, 11) is -1.96. The number of hydrogen-bond acceptors (Lipinski definition) is 2. The molecular weight excluding hydrogens is 360 g/mol. The van der Waals surface area contributed by atoms with Crippen molar-refractivity contribution in [3.8, 4) is 0 Å². The fraction of sp³-hybridized carbons (Fsp3) is 0.360. The molecular formula is C25H32O2Si. The van der Waals surface area contributed by atoms with Crippen LogP contribution in [-0.4, -0.2) is 20.7 Å². The minimum Gasteiger partial charge on any atom is -0.466 e. The lowest BCUT2D eigenvalue weighted by atomic mass is 10.1. The van der Waals surface area contributed by atoms with Crippen LogP contribution in [0.15, 0.2) is 66.4 Å². The van der Waals surface area contributed by atoms with E-state index in [2.05, 4.69) is 80.3 Å². The number of unbranched alkanes of at least 4 members (excludes halogenated alkanes) is 1. The fourth-order valence-electron chi connectivity index (χ4n) is 3.30. The van der Waals surface area contributed by atoms with Crippen molar-refractivity contribution in [1.82, 2.24) is 0 Å². The SMILES string of the molecule is CCCCc1ccc(C(=C=CCC(=O)OCC)[Si](C)(C)c2ccccc2)cc1. The Labute approximate surface area is 171 Å². The van der Waals surface area contributed by atoms with Crippen LogP contribution in [0.1, 0.15) is 44.2 Å². The van der Waals surface area contributed by atoms with Crippen molar-refractivity contribution in [3.05, 3.63) is 77.5 Å². The van der Waals surface area contributed by atoms with Gasteiger partial charge >= 0.3 is 5.97 Å². The molecule has 0 heterocycles. The summed E-state index contributed by atoms with van der Waals surface area (Å²) in [6, 6.07) is 19.5. The van der Waals surface area contributed by atoms with Crippen molar-refractivity contribution in [3.63, 3.8) is 0 Å². The molecule has 0 aliphatic carbocycles. The topological polar surface area (TPSA) is 26.3 Å². The zero-order valence-electron chi connectivity index (χ0n) is 17.6. The van der Waals surface area contributed by atoms with Gasteiger partial charge in [0, 0.05) is 0 Å². The Kier molecular flexibility index (Phi) is 8.50. The number of ether oxygens (including phenoxy) is 1. The zero-order chi connectivity index (χ0) is 20.4. The Morgan fingerprint density at radius 1 is 1.04 bits per heavy atom. The Hall–Kier alpha value is -2.35. The van der Waals surface area contributed by atoms with Crippen molar-refractivity contribution in [1.29, 1.82) is 0 Å². The van der Waals surface area contributed by atoms with Gasteiger partial charge in [0.2, 0.25) is 0 Å². The molecule has 0 unspecified atom stereocenters. The highest BCUT2D eigenvalue weighted by Crippen LogP contribution is 2.26. The van der Waals surface area contributed by atoms with Crippen LogP contribution in [0, 0.1) is 0 Å². The third-order valence-electron chi connectivity index (χ3n) is 5.00. The molecule has 0 fully saturated rings. The molecule has 0 N–H and O–H groups in total. The summed E-state index contributed by atoms with van der Waals surface area (Å²) >= 11 is 0. The van der Waals surface area contributed by atoms with E-state index < -0.39 is 8.07 Å². The predicted molar refractivity (Wildman–Crippen MR) is 121 cm³/mol. The molecule has 0 atom stereocenters. The summed E-state index contributed by atoms with van der Waals surface area (Å²) in [6.45, 7) is 9.14. The first-order valence-corrected chi connectivity index (χ1v) is 13.2. The minimum absolute atomic E-state index is 0.205. The second-order valence-corrected chi connectivity index (χ2v) is 11.9. The van der Waals surface area contributed by atoms with Gasteiger partial charge in [0.1, 0.15) is 8.07 Å². The van der Waals surface area contributed by atoms with Crippen molar-refractivity contribution in [2.75, 3.05) is 6.61 Å². The Morgan fingerprint density at radius 3 is 2.32 bits per heavy atom. The highest BCUT2D eigenvalue weighted by atomic mass is 28.3. The van der Waals surface area contributed by atoms with Crippen molar-refractivity contribution < 1.29 is 9.53 Å². The zero-order valence-corrected chi connectivity index (χ0v) is 18.6. The Balaban J connectivity index is 2.41. The highest BCUT2D eigenvalue weighted by molar-refractivity contribution is 7.04. The average Bonchev–Trinajstić information content (AvgIpc) is 2.71. The molecule has 0 amide bonds. The standard InChI is InChI=1S/C25H32O2Si/c1-5-7-12-21-17-19-22(20-18-21)24(15-11-16-25(26)27-6-2)28(3,4)23-13-9-8-10-14-23/h8-11,13-14,17-20H,5-7,12,16H2,1-4H3. The Bertz CT molecular complexity index is 813. The molecule has 0 bridgehead atoms. The van der Waals surface area contributed by atoms with Gasteiger partial charge < -0.3 is 4.74 Å². The maximum Gasteiger partial charge on any atom is 0.310 e. The van der Waals surface area contributed by atoms with Gasteiger partial charge in [-0.25, -0.2) is 0 Å².